The van der Waals surface area contributed by atoms with Gasteiger partial charge in [-0.25, -0.2) is 0 Å². The molecule has 1 aliphatic rings. The third-order valence-corrected chi connectivity index (χ3v) is 3.47. The highest BCUT2D eigenvalue weighted by atomic mass is 16.5. The first-order valence-electron chi connectivity index (χ1n) is 6.96. The second-order valence-electron chi connectivity index (χ2n) is 6.32. The van der Waals surface area contributed by atoms with Crippen LogP contribution in [0.5, 0.6) is 0 Å². The zero-order valence-electron chi connectivity index (χ0n) is 11.8. The molecule has 2 heteroatoms. The van der Waals surface area contributed by atoms with Crippen LogP contribution in [0.4, 0.5) is 0 Å². The van der Waals surface area contributed by atoms with E-state index in [0.717, 1.165) is 26.1 Å². The molecule has 0 fully saturated rings. The first-order valence-corrected chi connectivity index (χ1v) is 6.96. The molecule has 0 aliphatic carbocycles. The van der Waals surface area contributed by atoms with Crippen LogP contribution in [0, 0.1) is 5.41 Å². The van der Waals surface area contributed by atoms with Crippen LogP contribution in [0.15, 0.2) is 24.3 Å². The molecule has 0 spiro atoms. The summed E-state index contributed by atoms with van der Waals surface area (Å²) < 4.78 is 5.87. The van der Waals surface area contributed by atoms with Crippen molar-refractivity contribution in [3.8, 4) is 0 Å². The van der Waals surface area contributed by atoms with Crippen molar-refractivity contribution in [2.45, 2.75) is 39.7 Å². The van der Waals surface area contributed by atoms with E-state index in [1.165, 1.54) is 17.5 Å². The summed E-state index contributed by atoms with van der Waals surface area (Å²) in [6, 6.07) is 8.65. The van der Waals surface area contributed by atoms with E-state index in [1.54, 1.807) is 0 Å². The lowest BCUT2D eigenvalue weighted by Crippen LogP contribution is -2.29. The van der Waals surface area contributed by atoms with Crippen molar-refractivity contribution in [1.29, 1.82) is 0 Å². The smallest absolute Gasteiger partial charge is 0.0952 e. The highest BCUT2D eigenvalue weighted by molar-refractivity contribution is 5.31. The zero-order chi connectivity index (χ0) is 13.0. The van der Waals surface area contributed by atoms with Crippen LogP contribution in [-0.2, 0) is 11.2 Å². The predicted octanol–water partition coefficient (Wildman–Crippen LogP) is 3.33. The first kappa shape index (κ1) is 13.6. The average molecular weight is 247 g/mol. The summed E-state index contributed by atoms with van der Waals surface area (Å²) >= 11 is 0. The van der Waals surface area contributed by atoms with Gasteiger partial charge in [0.15, 0.2) is 0 Å². The van der Waals surface area contributed by atoms with E-state index in [2.05, 4.69) is 50.4 Å². The van der Waals surface area contributed by atoms with Crippen LogP contribution in [-0.4, -0.2) is 19.7 Å². The normalized spacial score (nSPS) is 19.6. The summed E-state index contributed by atoms with van der Waals surface area (Å²) in [5.41, 5.74) is 3.22. The summed E-state index contributed by atoms with van der Waals surface area (Å²) in [6.07, 6.45) is 2.48. The van der Waals surface area contributed by atoms with Gasteiger partial charge in [0, 0.05) is 6.54 Å². The van der Waals surface area contributed by atoms with E-state index < -0.39 is 0 Å². The van der Waals surface area contributed by atoms with Crippen LogP contribution in [0.1, 0.15) is 44.4 Å². The Balaban J connectivity index is 1.84. The second kappa shape index (κ2) is 5.85. The van der Waals surface area contributed by atoms with Crippen LogP contribution < -0.4 is 5.32 Å². The molecule has 1 aromatic rings. The maximum Gasteiger partial charge on any atom is 0.0952 e. The van der Waals surface area contributed by atoms with Crippen LogP contribution in [0.2, 0.25) is 0 Å². The van der Waals surface area contributed by atoms with Gasteiger partial charge in [0.1, 0.15) is 0 Å². The largest absolute Gasteiger partial charge is 0.372 e. The van der Waals surface area contributed by atoms with Crippen molar-refractivity contribution < 1.29 is 4.74 Å². The molecule has 1 N–H and O–H groups in total. The fourth-order valence-electron chi connectivity index (χ4n) is 2.34. The van der Waals surface area contributed by atoms with Crippen molar-refractivity contribution in [3.63, 3.8) is 0 Å². The average Bonchev–Trinajstić information content (AvgIpc) is 2.33. The molecular formula is C16H25NO. The van der Waals surface area contributed by atoms with Crippen LogP contribution in [0.3, 0.4) is 0 Å². The lowest BCUT2D eigenvalue weighted by molar-refractivity contribution is 0.0422. The van der Waals surface area contributed by atoms with Crippen LogP contribution in [0.25, 0.3) is 0 Å². The van der Waals surface area contributed by atoms with E-state index >= 15 is 0 Å². The summed E-state index contributed by atoms with van der Waals surface area (Å²) in [7, 11) is 0. The van der Waals surface area contributed by atoms with Crippen molar-refractivity contribution in [2.75, 3.05) is 19.7 Å². The first-order chi connectivity index (χ1) is 8.56. The Morgan fingerprint density at radius 1 is 1.28 bits per heavy atom. The molecule has 2 rings (SSSR count). The molecule has 18 heavy (non-hydrogen) atoms. The van der Waals surface area contributed by atoms with Gasteiger partial charge in [-0.15, -0.1) is 0 Å². The van der Waals surface area contributed by atoms with Crippen molar-refractivity contribution >= 4 is 0 Å². The van der Waals surface area contributed by atoms with Gasteiger partial charge >= 0.3 is 0 Å². The lowest BCUT2D eigenvalue weighted by Gasteiger charge is -2.27. The van der Waals surface area contributed by atoms with Crippen molar-refractivity contribution in [1.82, 2.24) is 5.32 Å². The fraction of sp³-hybridized carbons (Fsp3) is 0.625. The molecule has 0 radical (unpaired) electrons. The van der Waals surface area contributed by atoms with Gasteiger partial charge in [-0.05, 0) is 35.9 Å². The number of hydrogen-bond acceptors (Lipinski definition) is 2. The minimum absolute atomic E-state index is 0.231. The van der Waals surface area contributed by atoms with Gasteiger partial charge in [-0.3, -0.25) is 0 Å². The minimum atomic E-state index is 0.231. The highest BCUT2D eigenvalue weighted by Crippen LogP contribution is 2.26. The van der Waals surface area contributed by atoms with E-state index in [-0.39, 0.29) is 6.10 Å². The number of rotatable bonds is 4. The molecule has 0 bridgehead atoms. The standard InChI is InChI=1S/C16H25NO/c1-16(2,3)9-10-17-12-15-14-7-5-4-6-13(14)8-11-18-15/h4-7,15,17H,8-12H2,1-3H3. The van der Waals surface area contributed by atoms with Gasteiger partial charge in [0.05, 0.1) is 12.7 Å². The SMILES string of the molecule is CC(C)(C)CCNCC1OCCc2ccccc21. The Kier molecular flexibility index (Phi) is 4.41. The Hall–Kier alpha value is -0.860. The molecule has 2 nitrogen and oxygen atoms in total. The van der Waals surface area contributed by atoms with E-state index in [9.17, 15) is 0 Å². The number of benzene rings is 1. The molecule has 0 aromatic heterocycles. The maximum absolute atomic E-state index is 5.87. The van der Waals surface area contributed by atoms with E-state index in [4.69, 9.17) is 4.74 Å². The van der Waals surface area contributed by atoms with Crippen LogP contribution >= 0.6 is 0 Å². The molecule has 1 aliphatic heterocycles. The molecule has 1 unspecified atom stereocenters. The van der Waals surface area contributed by atoms with E-state index in [1.807, 2.05) is 0 Å². The summed E-state index contributed by atoms with van der Waals surface area (Å²) in [5, 5.41) is 3.53. The van der Waals surface area contributed by atoms with Gasteiger partial charge in [0.2, 0.25) is 0 Å². The van der Waals surface area contributed by atoms with E-state index in [0.29, 0.717) is 5.41 Å². The number of nitrogens with one attached hydrogen (secondary N) is 1. The number of hydrogen-bond donors (Lipinski definition) is 1. The van der Waals surface area contributed by atoms with Gasteiger partial charge < -0.3 is 10.1 Å². The molecule has 0 saturated heterocycles. The summed E-state index contributed by atoms with van der Waals surface area (Å²) in [6.45, 7) is 9.67. The number of ether oxygens (including phenoxy) is 1. The Morgan fingerprint density at radius 3 is 2.83 bits per heavy atom. The number of fused-ring (bicyclic) bond motifs is 1. The van der Waals surface area contributed by atoms with Gasteiger partial charge in [0.25, 0.3) is 0 Å². The second-order valence-corrected chi connectivity index (χ2v) is 6.32. The maximum atomic E-state index is 5.87. The summed E-state index contributed by atoms with van der Waals surface area (Å²) in [5.74, 6) is 0. The van der Waals surface area contributed by atoms with Gasteiger partial charge in [-0.2, -0.15) is 0 Å². The highest BCUT2D eigenvalue weighted by Gasteiger charge is 2.20. The lowest BCUT2D eigenvalue weighted by atomic mass is 9.92. The molecular weight excluding hydrogens is 222 g/mol. The quantitative estimate of drug-likeness (QED) is 0.824. The van der Waals surface area contributed by atoms with Gasteiger partial charge in [-0.1, -0.05) is 45.0 Å². The fourth-order valence-corrected chi connectivity index (χ4v) is 2.34. The molecule has 1 heterocycles. The third kappa shape index (κ3) is 3.82. The molecule has 100 valence electrons. The summed E-state index contributed by atoms with van der Waals surface area (Å²) in [4.78, 5) is 0. The molecule has 1 atom stereocenters. The van der Waals surface area contributed by atoms with Crippen molar-refractivity contribution in [2.24, 2.45) is 5.41 Å². The topological polar surface area (TPSA) is 21.3 Å². The predicted molar refractivity (Wildman–Crippen MR) is 75.8 cm³/mol. The molecule has 1 aromatic carbocycles. The van der Waals surface area contributed by atoms with Crippen molar-refractivity contribution in [3.05, 3.63) is 35.4 Å². The zero-order valence-corrected chi connectivity index (χ0v) is 11.8. The Bertz CT molecular complexity index is 381. The minimum Gasteiger partial charge on any atom is -0.372 e. The molecule has 0 saturated carbocycles. The Labute approximate surface area is 111 Å². The Morgan fingerprint density at radius 2 is 2.06 bits per heavy atom. The molecule has 0 amide bonds. The monoisotopic (exact) mass is 247 g/mol. The third-order valence-electron chi connectivity index (χ3n) is 3.47.